The molecule has 1 aromatic heterocycles. The number of nitrogens with one attached hydrogen (secondary N) is 1. The number of thiophene rings is 1. The van der Waals surface area contributed by atoms with Crippen LogP contribution in [-0.2, 0) is 14.8 Å². The molecule has 1 saturated heterocycles. The van der Waals surface area contributed by atoms with Crippen LogP contribution in [0.1, 0.15) is 32.6 Å². The quantitative estimate of drug-likeness (QED) is 0.279. The van der Waals surface area contributed by atoms with Gasteiger partial charge in [-0.15, -0.1) is 11.3 Å². The number of nitriles is 1. The molecule has 1 unspecified atom stereocenters. The van der Waals surface area contributed by atoms with Crippen molar-refractivity contribution in [3.05, 3.63) is 58.3 Å². The third-order valence-corrected chi connectivity index (χ3v) is 10.2. The summed E-state index contributed by atoms with van der Waals surface area (Å²) in [5, 5.41) is 42.2. The molecule has 0 radical (unpaired) electrons. The first-order chi connectivity index (χ1) is 19.0. The van der Waals surface area contributed by atoms with Crippen LogP contribution in [0.15, 0.2) is 53.4 Å². The van der Waals surface area contributed by atoms with Crippen LogP contribution in [-0.4, -0.2) is 68.0 Å². The molecule has 2 heterocycles. The first-order valence-corrected chi connectivity index (χ1v) is 15.5. The van der Waals surface area contributed by atoms with Gasteiger partial charge in [0.05, 0.1) is 6.10 Å². The van der Waals surface area contributed by atoms with Crippen LogP contribution >= 0.6 is 11.3 Å². The van der Waals surface area contributed by atoms with Crippen LogP contribution in [0.2, 0.25) is 0 Å². The molecule has 0 bridgehead atoms. The standard InChI is InChI=1S/C29H35N3O6S2/c1-5-32(6-2)22-10-9-19-13-21(8-7-20(19)14-22)25-12-11-24(39-25)17(3)26(15-30)40(36,37)31-16-23-28(34)27(33)18(4)29(35)38-23/h7-14,18,23,27-29,31,33-35H,5-6,16H2,1-4H3/b26-17+/t18-,23-,27-,28-,29?/m1/s1. The summed E-state index contributed by atoms with van der Waals surface area (Å²) in [6.45, 7) is 8.79. The minimum atomic E-state index is -4.27. The van der Waals surface area contributed by atoms with Gasteiger partial charge < -0.3 is 25.0 Å². The molecule has 5 atom stereocenters. The molecule has 1 aliphatic heterocycles. The van der Waals surface area contributed by atoms with E-state index in [2.05, 4.69) is 53.8 Å². The van der Waals surface area contributed by atoms with Crippen LogP contribution in [0.5, 0.6) is 0 Å². The normalized spacial score (nSPS) is 24.0. The molecule has 1 aliphatic rings. The third kappa shape index (κ3) is 6.09. The van der Waals surface area contributed by atoms with E-state index < -0.39 is 52.0 Å². The highest BCUT2D eigenvalue weighted by Gasteiger charge is 2.41. The maximum atomic E-state index is 13.0. The monoisotopic (exact) mass is 585 g/mol. The first-order valence-electron chi connectivity index (χ1n) is 13.2. The molecule has 1 fully saturated rings. The van der Waals surface area contributed by atoms with Gasteiger partial charge in [0.2, 0.25) is 0 Å². The predicted octanol–water partition coefficient (Wildman–Crippen LogP) is 3.66. The number of anilines is 1. The Labute approximate surface area is 239 Å². The van der Waals surface area contributed by atoms with Crippen molar-refractivity contribution in [2.75, 3.05) is 24.5 Å². The summed E-state index contributed by atoms with van der Waals surface area (Å²) in [5.74, 6) is -0.736. The molecule has 9 nitrogen and oxygen atoms in total. The number of aliphatic hydroxyl groups is 3. The largest absolute Gasteiger partial charge is 0.390 e. The predicted molar refractivity (Wildman–Crippen MR) is 158 cm³/mol. The lowest BCUT2D eigenvalue weighted by Gasteiger charge is -2.39. The lowest BCUT2D eigenvalue weighted by Crippen LogP contribution is -2.56. The molecule has 4 N–H and O–H groups in total. The maximum Gasteiger partial charge on any atom is 0.251 e. The van der Waals surface area contributed by atoms with Gasteiger partial charge in [-0.1, -0.05) is 25.1 Å². The number of hydrogen-bond donors (Lipinski definition) is 4. The molecule has 40 heavy (non-hydrogen) atoms. The fourth-order valence-corrected chi connectivity index (χ4v) is 7.07. The van der Waals surface area contributed by atoms with E-state index in [1.807, 2.05) is 12.1 Å². The summed E-state index contributed by atoms with van der Waals surface area (Å²) < 4.78 is 33.6. The number of sulfonamides is 1. The van der Waals surface area contributed by atoms with Gasteiger partial charge in [0.1, 0.15) is 18.3 Å². The van der Waals surface area contributed by atoms with E-state index in [-0.39, 0.29) is 5.57 Å². The van der Waals surface area contributed by atoms with E-state index in [1.165, 1.54) is 23.9 Å². The van der Waals surface area contributed by atoms with E-state index >= 15 is 0 Å². The second-order valence-corrected chi connectivity index (χ2v) is 12.7. The number of allylic oxidation sites excluding steroid dienone is 2. The van der Waals surface area contributed by atoms with Crippen molar-refractivity contribution in [2.24, 2.45) is 5.92 Å². The van der Waals surface area contributed by atoms with Crippen LogP contribution in [0, 0.1) is 17.2 Å². The summed E-state index contributed by atoms with van der Waals surface area (Å²) in [5.41, 5.74) is 2.45. The molecular formula is C29H35N3O6S2. The summed E-state index contributed by atoms with van der Waals surface area (Å²) in [6, 6.07) is 18.1. The second kappa shape index (κ2) is 12.4. The van der Waals surface area contributed by atoms with Crippen molar-refractivity contribution in [3.8, 4) is 16.5 Å². The Bertz CT molecular complexity index is 1540. The van der Waals surface area contributed by atoms with Crippen molar-refractivity contribution >= 4 is 43.4 Å². The van der Waals surface area contributed by atoms with Crippen LogP contribution in [0.3, 0.4) is 0 Å². The number of hydrogen-bond acceptors (Lipinski definition) is 9. The van der Waals surface area contributed by atoms with Crippen molar-refractivity contribution in [3.63, 3.8) is 0 Å². The van der Waals surface area contributed by atoms with Gasteiger partial charge in [-0.05, 0) is 73.0 Å². The zero-order chi connectivity index (χ0) is 29.2. The summed E-state index contributed by atoms with van der Waals surface area (Å²) in [4.78, 5) is 3.40. The van der Waals surface area contributed by atoms with Gasteiger partial charge >= 0.3 is 0 Å². The summed E-state index contributed by atoms with van der Waals surface area (Å²) >= 11 is 1.38. The Morgan fingerprint density at radius 1 is 1.05 bits per heavy atom. The zero-order valence-electron chi connectivity index (χ0n) is 22.9. The van der Waals surface area contributed by atoms with E-state index in [0.717, 1.165) is 34.3 Å². The highest BCUT2D eigenvalue weighted by Crippen LogP contribution is 2.36. The van der Waals surface area contributed by atoms with E-state index in [4.69, 9.17) is 4.74 Å². The zero-order valence-corrected chi connectivity index (χ0v) is 24.5. The van der Waals surface area contributed by atoms with E-state index in [1.54, 1.807) is 19.1 Å². The molecule has 0 aliphatic carbocycles. The molecule has 11 heteroatoms. The second-order valence-electron chi connectivity index (χ2n) is 9.91. The Morgan fingerprint density at radius 3 is 2.40 bits per heavy atom. The topological polar surface area (TPSA) is 143 Å². The molecule has 0 spiro atoms. The van der Waals surface area contributed by atoms with Crippen molar-refractivity contribution in [2.45, 2.75) is 52.3 Å². The number of fused-ring (bicyclic) bond motifs is 1. The maximum absolute atomic E-state index is 13.0. The molecule has 3 aromatic rings. The summed E-state index contributed by atoms with van der Waals surface area (Å²) in [6.07, 6.45) is -5.22. The minimum absolute atomic E-state index is 0.287. The van der Waals surface area contributed by atoms with Crippen LogP contribution in [0.25, 0.3) is 26.8 Å². The average molecular weight is 586 g/mol. The molecule has 0 amide bonds. The van der Waals surface area contributed by atoms with Gasteiger partial charge in [0, 0.05) is 41.0 Å². The molecule has 214 valence electrons. The number of ether oxygens (including phenoxy) is 1. The summed E-state index contributed by atoms with van der Waals surface area (Å²) in [7, 11) is -4.27. The molecular weight excluding hydrogens is 550 g/mol. The van der Waals surface area contributed by atoms with Gasteiger partial charge in [-0.3, -0.25) is 0 Å². The number of benzene rings is 2. The highest BCUT2D eigenvalue weighted by atomic mass is 32.2. The first kappa shape index (κ1) is 30.1. The Kier molecular flexibility index (Phi) is 9.32. The van der Waals surface area contributed by atoms with E-state index in [0.29, 0.717) is 4.88 Å². The lowest BCUT2D eigenvalue weighted by molar-refractivity contribution is -0.257. The average Bonchev–Trinajstić information content (AvgIpc) is 3.44. The van der Waals surface area contributed by atoms with Crippen LogP contribution < -0.4 is 9.62 Å². The van der Waals surface area contributed by atoms with Crippen molar-refractivity contribution in [1.82, 2.24) is 4.72 Å². The highest BCUT2D eigenvalue weighted by molar-refractivity contribution is 7.93. The lowest BCUT2D eigenvalue weighted by atomic mass is 9.92. The number of nitrogens with zero attached hydrogens (tertiary/aromatic N) is 2. The number of rotatable bonds is 9. The fraction of sp³-hybridized carbons (Fsp3) is 0.414. The third-order valence-electron chi connectivity index (χ3n) is 7.43. The Hall–Kier alpha value is -2.82. The fourth-order valence-electron chi connectivity index (χ4n) is 4.84. The van der Waals surface area contributed by atoms with Crippen LogP contribution in [0.4, 0.5) is 5.69 Å². The molecule has 4 rings (SSSR count). The SMILES string of the molecule is CCN(CC)c1ccc2cc(-c3ccc(/C(C)=C(\C#N)S(=O)(=O)NC[C@H]4OC(O)[C@H](C)[C@@H](O)[C@@H]4O)s3)ccc2c1. The van der Waals surface area contributed by atoms with Crippen molar-refractivity contribution < 1.29 is 28.5 Å². The number of aliphatic hydroxyl groups excluding tert-OH is 3. The molecule has 0 saturated carbocycles. The Morgan fingerprint density at radius 2 is 1.73 bits per heavy atom. The minimum Gasteiger partial charge on any atom is -0.390 e. The smallest absolute Gasteiger partial charge is 0.251 e. The van der Waals surface area contributed by atoms with Gasteiger partial charge in [0.25, 0.3) is 10.0 Å². The van der Waals surface area contributed by atoms with Gasteiger partial charge in [-0.2, -0.15) is 5.26 Å². The Balaban J connectivity index is 1.55. The van der Waals surface area contributed by atoms with Gasteiger partial charge in [0.15, 0.2) is 11.2 Å². The van der Waals surface area contributed by atoms with Crippen molar-refractivity contribution in [1.29, 1.82) is 5.26 Å². The van der Waals surface area contributed by atoms with E-state index in [9.17, 15) is 29.0 Å². The van der Waals surface area contributed by atoms with Gasteiger partial charge in [-0.25, -0.2) is 13.1 Å². The molecule has 2 aromatic carbocycles.